The Morgan fingerprint density at radius 1 is 1.15 bits per heavy atom. The van der Waals surface area contributed by atoms with Gasteiger partial charge in [-0.1, -0.05) is 12.1 Å². The number of anilines is 2. The average molecular weight is 366 g/mol. The number of rotatable bonds is 6. The summed E-state index contributed by atoms with van der Waals surface area (Å²) in [6.07, 6.45) is 0.151. The Morgan fingerprint density at radius 3 is 2.52 bits per heavy atom. The van der Waals surface area contributed by atoms with Crippen LogP contribution in [0.4, 0.5) is 11.4 Å². The van der Waals surface area contributed by atoms with Gasteiger partial charge >= 0.3 is 0 Å². The molecule has 1 fully saturated rings. The first-order valence-electron chi connectivity index (χ1n) is 8.93. The summed E-state index contributed by atoms with van der Waals surface area (Å²) in [4.78, 5) is 38.0. The third-order valence-electron chi connectivity index (χ3n) is 4.51. The second-order valence-corrected chi connectivity index (χ2v) is 6.43. The van der Waals surface area contributed by atoms with Crippen molar-refractivity contribution in [1.29, 1.82) is 0 Å². The number of ether oxygens (including phenoxy) is 1. The van der Waals surface area contributed by atoms with Crippen LogP contribution in [0, 0.1) is 5.92 Å². The molecule has 1 saturated heterocycles. The number of carbonyl (C=O) groups excluding carboxylic acids is 3. The maximum Gasteiger partial charge on any atom is 0.229 e. The lowest BCUT2D eigenvalue weighted by atomic mass is 10.1. The molecule has 0 bridgehead atoms. The molecule has 1 aliphatic heterocycles. The first-order chi connectivity index (χ1) is 13.0. The third kappa shape index (κ3) is 4.16. The largest absolute Gasteiger partial charge is 0.492 e. The van der Waals surface area contributed by atoms with E-state index >= 15 is 0 Å². The smallest absolute Gasteiger partial charge is 0.229 e. The van der Waals surface area contributed by atoms with Crippen LogP contribution in [0.5, 0.6) is 5.75 Å². The van der Waals surface area contributed by atoms with Crippen LogP contribution in [0.2, 0.25) is 0 Å². The number of Topliss-reactive ketones (excluding diaryl/α,β-unsaturated/α-hetero) is 1. The van der Waals surface area contributed by atoms with Crippen molar-refractivity contribution >= 4 is 29.0 Å². The Balaban J connectivity index is 1.70. The van der Waals surface area contributed by atoms with Gasteiger partial charge in [0.15, 0.2) is 5.78 Å². The van der Waals surface area contributed by atoms with Crippen LogP contribution in [-0.4, -0.2) is 30.7 Å². The first kappa shape index (κ1) is 18.6. The van der Waals surface area contributed by atoms with E-state index < -0.39 is 5.92 Å². The quantitative estimate of drug-likeness (QED) is 0.796. The normalized spacial score (nSPS) is 16.3. The molecule has 1 atom stereocenters. The monoisotopic (exact) mass is 366 g/mol. The van der Waals surface area contributed by atoms with E-state index in [1.54, 1.807) is 29.2 Å². The SMILES string of the molecule is CCOc1ccccc1N1C[C@H](C(=O)Nc2ccc(C(C)=O)cc2)CC1=O. The van der Waals surface area contributed by atoms with Crippen LogP contribution in [0.1, 0.15) is 30.6 Å². The molecule has 1 aliphatic rings. The Bertz CT molecular complexity index is 861. The molecule has 1 heterocycles. The molecule has 2 amide bonds. The highest BCUT2D eigenvalue weighted by atomic mass is 16.5. The number of nitrogens with one attached hydrogen (secondary N) is 1. The molecule has 0 aliphatic carbocycles. The van der Waals surface area contributed by atoms with E-state index in [2.05, 4.69) is 5.32 Å². The fourth-order valence-electron chi connectivity index (χ4n) is 3.11. The van der Waals surface area contributed by atoms with Crippen molar-refractivity contribution in [1.82, 2.24) is 0 Å². The highest BCUT2D eigenvalue weighted by molar-refractivity contribution is 6.04. The van der Waals surface area contributed by atoms with Crippen molar-refractivity contribution in [2.75, 3.05) is 23.4 Å². The molecule has 2 aromatic carbocycles. The summed E-state index contributed by atoms with van der Waals surface area (Å²) >= 11 is 0. The number of amides is 2. The van der Waals surface area contributed by atoms with E-state index in [0.29, 0.717) is 35.8 Å². The van der Waals surface area contributed by atoms with E-state index in [1.165, 1.54) is 6.92 Å². The fourth-order valence-corrected chi connectivity index (χ4v) is 3.11. The minimum absolute atomic E-state index is 0.0297. The Hall–Kier alpha value is -3.15. The Morgan fingerprint density at radius 2 is 1.85 bits per heavy atom. The lowest BCUT2D eigenvalue weighted by molar-refractivity contribution is -0.122. The first-order valence-corrected chi connectivity index (χ1v) is 8.93. The zero-order valence-corrected chi connectivity index (χ0v) is 15.4. The molecular formula is C21H22N2O4. The third-order valence-corrected chi connectivity index (χ3v) is 4.51. The van der Waals surface area contributed by atoms with Crippen molar-refractivity contribution in [2.24, 2.45) is 5.92 Å². The number of nitrogens with zero attached hydrogens (tertiary/aromatic N) is 1. The second kappa shape index (κ2) is 8.03. The zero-order valence-electron chi connectivity index (χ0n) is 15.4. The molecule has 6 nitrogen and oxygen atoms in total. The lowest BCUT2D eigenvalue weighted by Crippen LogP contribution is -2.28. The average Bonchev–Trinajstić information content (AvgIpc) is 3.05. The van der Waals surface area contributed by atoms with E-state index in [1.807, 2.05) is 31.2 Å². The van der Waals surface area contributed by atoms with Crippen LogP contribution in [0.25, 0.3) is 0 Å². The van der Waals surface area contributed by atoms with Crippen molar-refractivity contribution in [3.05, 3.63) is 54.1 Å². The molecular weight excluding hydrogens is 344 g/mol. The molecule has 0 aromatic heterocycles. The summed E-state index contributed by atoms with van der Waals surface area (Å²) in [6.45, 7) is 4.18. The van der Waals surface area contributed by atoms with Crippen LogP contribution >= 0.6 is 0 Å². The summed E-state index contributed by atoms with van der Waals surface area (Å²) in [7, 11) is 0. The highest BCUT2D eigenvalue weighted by Crippen LogP contribution is 2.33. The van der Waals surface area contributed by atoms with Gasteiger partial charge in [0.1, 0.15) is 5.75 Å². The standard InChI is InChI=1S/C21H22N2O4/c1-3-27-19-7-5-4-6-18(19)23-13-16(12-20(23)25)21(26)22-17-10-8-15(9-11-17)14(2)24/h4-11,16H,3,12-13H2,1-2H3,(H,22,26)/t16-/m1/s1. The van der Waals surface area contributed by atoms with Gasteiger partial charge in [-0.3, -0.25) is 14.4 Å². The fraction of sp³-hybridized carbons (Fsp3) is 0.286. The molecule has 3 rings (SSSR count). The van der Waals surface area contributed by atoms with Gasteiger partial charge in [0, 0.05) is 24.2 Å². The number of hydrogen-bond acceptors (Lipinski definition) is 4. The summed E-state index contributed by atoms with van der Waals surface area (Å²) in [5.41, 5.74) is 1.87. The van der Waals surface area contributed by atoms with Gasteiger partial charge in [0.25, 0.3) is 0 Å². The van der Waals surface area contributed by atoms with Gasteiger partial charge < -0.3 is 15.0 Å². The van der Waals surface area contributed by atoms with Crippen LogP contribution in [0.3, 0.4) is 0 Å². The van der Waals surface area contributed by atoms with Gasteiger partial charge in [-0.2, -0.15) is 0 Å². The molecule has 0 unspecified atom stereocenters. The molecule has 140 valence electrons. The van der Waals surface area contributed by atoms with Gasteiger partial charge in [-0.15, -0.1) is 0 Å². The van der Waals surface area contributed by atoms with Crippen molar-refractivity contribution in [3.8, 4) is 5.75 Å². The van der Waals surface area contributed by atoms with E-state index in [0.717, 1.165) is 0 Å². The predicted octanol–water partition coefficient (Wildman–Crippen LogP) is 3.28. The predicted molar refractivity (Wildman–Crippen MR) is 103 cm³/mol. The van der Waals surface area contributed by atoms with Crippen molar-refractivity contribution in [3.63, 3.8) is 0 Å². The Labute approximate surface area is 158 Å². The van der Waals surface area contributed by atoms with Gasteiger partial charge in [0.05, 0.1) is 18.2 Å². The molecule has 0 radical (unpaired) electrons. The molecule has 0 spiro atoms. The molecule has 0 saturated carbocycles. The highest BCUT2D eigenvalue weighted by Gasteiger charge is 2.36. The number of ketones is 1. The van der Waals surface area contributed by atoms with E-state index in [-0.39, 0.29) is 24.0 Å². The van der Waals surface area contributed by atoms with Crippen LogP contribution in [0.15, 0.2) is 48.5 Å². The molecule has 6 heteroatoms. The number of carbonyl (C=O) groups is 3. The molecule has 27 heavy (non-hydrogen) atoms. The van der Waals surface area contributed by atoms with Crippen molar-refractivity contribution in [2.45, 2.75) is 20.3 Å². The van der Waals surface area contributed by atoms with Crippen LogP contribution in [-0.2, 0) is 9.59 Å². The maximum atomic E-state index is 12.6. The van der Waals surface area contributed by atoms with Crippen LogP contribution < -0.4 is 15.0 Å². The number of para-hydroxylation sites is 2. The Kier molecular flexibility index (Phi) is 5.54. The van der Waals surface area contributed by atoms with Gasteiger partial charge in [-0.25, -0.2) is 0 Å². The lowest BCUT2D eigenvalue weighted by Gasteiger charge is -2.20. The summed E-state index contributed by atoms with van der Waals surface area (Å²) in [5, 5.41) is 2.82. The van der Waals surface area contributed by atoms with Crippen molar-refractivity contribution < 1.29 is 19.1 Å². The summed E-state index contributed by atoms with van der Waals surface area (Å²) < 4.78 is 5.60. The summed E-state index contributed by atoms with van der Waals surface area (Å²) in [6, 6.07) is 14.0. The van der Waals surface area contributed by atoms with E-state index in [4.69, 9.17) is 4.74 Å². The summed E-state index contributed by atoms with van der Waals surface area (Å²) in [5.74, 6) is -0.156. The number of benzene rings is 2. The van der Waals surface area contributed by atoms with Gasteiger partial charge in [-0.05, 0) is 50.2 Å². The van der Waals surface area contributed by atoms with Gasteiger partial charge in [0.2, 0.25) is 11.8 Å². The topological polar surface area (TPSA) is 75.7 Å². The maximum absolute atomic E-state index is 12.6. The molecule has 2 aromatic rings. The molecule has 1 N–H and O–H groups in total. The second-order valence-electron chi connectivity index (χ2n) is 6.43. The number of hydrogen-bond donors (Lipinski definition) is 1. The zero-order chi connectivity index (χ0) is 19.4. The minimum atomic E-state index is -0.445. The van der Waals surface area contributed by atoms with E-state index in [9.17, 15) is 14.4 Å². The minimum Gasteiger partial charge on any atom is -0.492 e.